The summed E-state index contributed by atoms with van der Waals surface area (Å²) in [6, 6.07) is 4.18. The highest BCUT2D eigenvalue weighted by molar-refractivity contribution is 7.07. The lowest BCUT2D eigenvalue weighted by molar-refractivity contribution is 0.442. The molecule has 1 fully saturated rings. The molecule has 0 amide bonds. The first-order chi connectivity index (χ1) is 7.58. The van der Waals surface area contributed by atoms with E-state index < -0.39 is 25.6 Å². The van der Waals surface area contributed by atoms with Gasteiger partial charge in [-0.15, -0.1) is 0 Å². The first-order valence-corrected chi connectivity index (χ1v) is 8.74. The standard InChI is InChI=1S/C11H12ClF3Si/c12-16-3-1-7(2-4-16)8-5-9(13)11(15)10(14)6-8/h5-7,16H,1-4H2. The zero-order valence-electron chi connectivity index (χ0n) is 8.65. The molecule has 1 aliphatic rings. The minimum absolute atomic E-state index is 0.132. The van der Waals surface area contributed by atoms with Crippen LogP contribution in [0.3, 0.4) is 0 Å². The van der Waals surface area contributed by atoms with Crippen LogP contribution in [-0.4, -0.2) is 8.11 Å². The Hall–Kier alpha value is -0.483. The van der Waals surface area contributed by atoms with E-state index in [1.807, 2.05) is 0 Å². The van der Waals surface area contributed by atoms with Crippen molar-refractivity contribution in [3.63, 3.8) is 0 Å². The highest BCUT2D eigenvalue weighted by atomic mass is 35.6. The normalized spacial score (nSPS) is 25.8. The molecule has 1 aromatic carbocycles. The third kappa shape index (κ3) is 2.43. The van der Waals surface area contributed by atoms with Crippen molar-refractivity contribution in [1.29, 1.82) is 0 Å². The summed E-state index contributed by atoms with van der Waals surface area (Å²) < 4.78 is 38.9. The monoisotopic (exact) mass is 264 g/mol. The van der Waals surface area contributed by atoms with Gasteiger partial charge in [-0.1, -0.05) is 0 Å². The average Bonchev–Trinajstić information content (AvgIpc) is 2.26. The summed E-state index contributed by atoms with van der Waals surface area (Å²) in [4.78, 5) is 0. The van der Waals surface area contributed by atoms with Crippen LogP contribution >= 0.6 is 11.1 Å². The molecule has 0 radical (unpaired) electrons. The summed E-state index contributed by atoms with van der Waals surface area (Å²) in [5.74, 6) is -3.45. The average molecular weight is 265 g/mol. The van der Waals surface area contributed by atoms with Crippen LogP contribution in [0, 0.1) is 17.5 Å². The quantitative estimate of drug-likeness (QED) is 0.409. The van der Waals surface area contributed by atoms with Crippen molar-refractivity contribution < 1.29 is 13.2 Å². The second-order valence-electron chi connectivity index (χ2n) is 4.25. The highest BCUT2D eigenvalue weighted by Gasteiger charge is 2.23. The van der Waals surface area contributed by atoms with Gasteiger partial charge in [0.15, 0.2) is 17.5 Å². The summed E-state index contributed by atoms with van der Waals surface area (Å²) in [7, 11) is -1.08. The van der Waals surface area contributed by atoms with E-state index in [2.05, 4.69) is 0 Å². The fourth-order valence-electron chi connectivity index (χ4n) is 2.20. The fourth-order valence-corrected chi connectivity index (χ4v) is 4.77. The van der Waals surface area contributed by atoms with Crippen molar-refractivity contribution in [2.24, 2.45) is 0 Å². The van der Waals surface area contributed by atoms with Gasteiger partial charge < -0.3 is 0 Å². The zero-order valence-corrected chi connectivity index (χ0v) is 10.6. The van der Waals surface area contributed by atoms with Crippen molar-refractivity contribution in [2.75, 3.05) is 0 Å². The van der Waals surface area contributed by atoms with Crippen molar-refractivity contribution in [1.82, 2.24) is 0 Å². The van der Waals surface area contributed by atoms with Crippen LogP contribution in [0.1, 0.15) is 24.3 Å². The molecule has 0 aliphatic carbocycles. The summed E-state index contributed by atoms with van der Waals surface area (Å²) in [6.45, 7) is 0. The van der Waals surface area contributed by atoms with E-state index >= 15 is 0 Å². The molecule has 16 heavy (non-hydrogen) atoms. The molecular formula is C11H12ClF3Si. The van der Waals surface area contributed by atoms with Crippen LogP contribution in [0.15, 0.2) is 12.1 Å². The van der Waals surface area contributed by atoms with Crippen LogP contribution < -0.4 is 0 Å². The smallest absolute Gasteiger partial charge is 0.194 e. The molecule has 1 aromatic rings. The summed E-state index contributed by atoms with van der Waals surface area (Å²) in [5, 5.41) is 0. The zero-order chi connectivity index (χ0) is 11.7. The van der Waals surface area contributed by atoms with Crippen molar-refractivity contribution >= 4 is 19.2 Å². The van der Waals surface area contributed by atoms with E-state index in [0.717, 1.165) is 37.1 Å². The van der Waals surface area contributed by atoms with Gasteiger partial charge in [0.05, 0.1) is 0 Å². The van der Waals surface area contributed by atoms with Gasteiger partial charge in [0, 0.05) is 0 Å². The first kappa shape index (κ1) is 12.0. The molecule has 5 heteroatoms. The molecule has 88 valence electrons. The Morgan fingerprint density at radius 3 is 2.06 bits per heavy atom. The first-order valence-electron chi connectivity index (χ1n) is 5.36. The predicted octanol–water partition coefficient (Wildman–Crippen LogP) is 3.94. The Balaban J connectivity index is 2.21. The third-order valence-electron chi connectivity index (χ3n) is 3.13. The molecule has 0 N–H and O–H groups in total. The van der Waals surface area contributed by atoms with Crippen LogP contribution in [0.2, 0.25) is 12.1 Å². The molecule has 0 bridgehead atoms. The van der Waals surface area contributed by atoms with E-state index in [4.69, 9.17) is 11.1 Å². The van der Waals surface area contributed by atoms with Gasteiger partial charge in [0.1, 0.15) is 8.11 Å². The molecule has 0 atom stereocenters. The second kappa shape index (κ2) is 4.80. The van der Waals surface area contributed by atoms with E-state index in [0.29, 0.717) is 5.56 Å². The lowest BCUT2D eigenvalue weighted by Crippen LogP contribution is -2.15. The lowest BCUT2D eigenvalue weighted by Gasteiger charge is -2.24. The van der Waals surface area contributed by atoms with Gasteiger partial charge in [-0.25, -0.2) is 13.2 Å². The maximum atomic E-state index is 13.0. The maximum absolute atomic E-state index is 13.0. The fraction of sp³-hybridized carbons (Fsp3) is 0.455. The molecular weight excluding hydrogens is 253 g/mol. The Bertz CT molecular complexity index is 366. The molecule has 1 aliphatic heterocycles. The van der Waals surface area contributed by atoms with Gasteiger partial charge >= 0.3 is 0 Å². The van der Waals surface area contributed by atoms with Crippen molar-refractivity contribution in [2.45, 2.75) is 30.8 Å². The predicted molar refractivity (Wildman–Crippen MR) is 60.9 cm³/mol. The molecule has 0 saturated carbocycles. The van der Waals surface area contributed by atoms with Gasteiger partial charge in [-0.05, 0) is 48.5 Å². The number of benzene rings is 1. The van der Waals surface area contributed by atoms with Gasteiger partial charge in [-0.2, -0.15) is 11.1 Å². The molecule has 0 unspecified atom stereocenters. The largest absolute Gasteiger partial charge is 0.204 e. The minimum atomic E-state index is -1.39. The van der Waals surface area contributed by atoms with Crippen LogP contribution in [-0.2, 0) is 0 Å². The van der Waals surface area contributed by atoms with E-state index in [1.54, 1.807) is 0 Å². The molecule has 2 rings (SSSR count). The number of hydrogen-bond donors (Lipinski definition) is 0. The Kier molecular flexibility index (Phi) is 3.59. The third-order valence-corrected chi connectivity index (χ3v) is 6.36. The Morgan fingerprint density at radius 1 is 1.06 bits per heavy atom. The molecule has 0 nitrogen and oxygen atoms in total. The van der Waals surface area contributed by atoms with E-state index in [9.17, 15) is 13.2 Å². The maximum Gasteiger partial charge on any atom is 0.194 e. The molecule has 0 spiro atoms. The van der Waals surface area contributed by atoms with Gasteiger partial charge in [-0.3, -0.25) is 0 Å². The van der Waals surface area contributed by atoms with E-state index in [1.165, 1.54) is 0 Å². The number of halogens is 4. The van der Waals surface area contributed by atoms with Crippen molar-refractivity contribution in [3.05, 3.63) is 35.1 Å². The summed E-state index contributed by atoms with van der Waals surface area (Å²) >= 11 is 6.09. The lowest BCUT2D eigenvalue weighted by atomic mass is 9.93. The molecule has 1 saturated heterocycles. The SMILES string of the molecule is Fc1cc(C2CC[SiH](Cl)CC2)cc(F)c1F. The highest BCUT2D eigenvalue weighted by Crippen LogP contribution is 2.35. The van der Waals surface area contributed by atoms with Crippen LogP contribution in [0.4, 0.5) is 13.2 Å². The topological polar surface area (TPSA) is 0 Å². The minimum Gasteiger partial charge on any atom is -0.204 e. The van der Waals surface area contributed by atoms with Gasteiger partial charge in [0.2, 0.25) is 0 Å². The number of rotatable bonds is 1. The second-order valence-corrected chi connectivity index (χ2v) is 8.45. The van der Waals surface area contributed by atoms with E-state index in [-0.39, 0.29) is 5.92 Å². The van der Waals surface area contributed by atoms with Crippen molar-refractivity contribution in [3.8, 4) is 0 Å². The van der Waals surface area contributed by atoms with Gasteiger partial charge in [0.25, 0.3) is 0 Å². The number of hydrogen-bond acceptors (Lipinski definition) is 0. The van der Waals surface area contributed by atoms with Crippen LogP contribution in [0.5, 0.6) is 0 Å². The van der Waals surface area contributed by atoms with Crippen LogP contribution in [0.25, 0.3) is 0 Å². The Morgan fingerprint density at radius 2 is 1.56 bits per heavy atom. The summed E-state index contributed by atoms with van der Waals surface area (Å²) in [6.07, 6.45) is 1.73. The Labute approximate surface area is 98.7 Å². The molecule has 0 aromatic heterocycles. The summed E-state index contributed by atoms with van der Waals surface area (Å²) in [5.41, 5.74) is 0.564. The molecule has 1 heterocycles.